The molecule has 0 spiro atoms. The Hall–Kier alpha value is -1.42. The van der Waals surface area contributed by atoms with Gasteiger partial charge in [-0.15, -0.1) is 0 Å². The van der Waals surface area contributed by atoms with Gasteiger partial charge in [-0.2, -0.15) is 0 Å². The standard InChI is InChI=1S/C25H31Cl3O3/c1-2-3-4-5-6-7-8-9-10-11-16-31-19-14-12-18(13-15-19)25(30)22-23(27)20(26)17-21(29)24(22)28/h12-15,17,29H,2-11,16H2,1H3/p-1. The molecular weight excluding hydrogens is 455 g/mol. The summed E-state index contributed by atoms with van der Waals surface area (Å²) in [5.74, 6) is -0.285. The minimum absolute atomic E-state index is 0.0101. The SMILES string of the molecule is CCCCCCCCCCCCOc1ccc(C(=O)c2c(Cl)c([O-])cc(Cl)c2Cl)cc1. The number of ether oxygens (including phenoxy) is 1. The molecule has 0 heterocycles. The summed E-state index contributed by atoms with van der Waals surface area (Å²) < 4.78 is 5.77. The van der Waals surface area contributed by atoms with Crippen LogP contribution >= 0.6 is 34.8 Å². The predicted molar refractivity (Wildman–Crippen MR) is 128 cm³/mol. The third-order valence-corrected chi connectivity index (χ3v) is 6.40. The summed E-state index contributed by atoms with van der Waals surface area (Å²) in [6.07, 6.45) is 12.8. The zero-order valence-corrected chi connectivity index (χ0v) is 20.3. The Morgan fingerprint density at radius 3 is 1.97 bits per heavy atom. The first-order valence-corrected chi connectivity index (χ1v) is 12.2. The van der Waals surface area contributed by atoms with Crippen molar-refractivity contribution >= 4 is 40.6 Å². The van der Waals surface area contributed by atoms with Gasteiger partial charge in [-0.1, -0.05) is 105 Å². The first kappa shape index (κ1) is 25.8. The van der Waals surface area contributed by atoms with E-state index < -0.39 is 11.5 Å². The fraction of sp³-hybridized carbons (Fsp3) is 0.480. The smallest absolute Gasteiger partial charge is 0.196 e. The van der Waals surface area contributed by atoms with Gasteiger partial charge in [-0.3, -0.25) is 4.79 Å². The quantitative estimate of drug-likeness (QED) is 0.154. The summed E-state index contributed by atoms with van der Waals surface area (Å²) in [7, 11) is 0. The normalized spacial score (nSPS) is 11.0. The van der Waals surface area contributed by atoms with Crippen molar-refractivity contribution in [2.45, 2.75) is 71.1 Å². The molecule has 0 amide bonds. The number of unbranched alkanes of at least 4 members (excludes halogenated alkanes) is 9. The summed E-state index contributed by atoms with van der Waals surface area (Å²) in [6.45, 7) is 2.89. The Labute approximate surface area is 200 Å². The molecule has 0 unspecified atom stereocenters. The average molecular weight is 485 g/mol. The summed E-state index contributed by atoms with van der Waals surface area (Å²) in [6, 6.07) is 7.83. The molecule has 0 saturated heterocycles. The topological polar surface area (TPSA) is 49.4 Å². The molecule has 0 radical (unpaired) electrons. The van der Waals surface area contributed by atoms with Crippen molar-refractivity contribution in [2.75, 3.05) is 6.61 Å². The molecule has 0 atom stereocenters. The molecule has 0 aliphatic rings. The number of rotatable bonds is 14. The Kier molecular flexibility index (Phi) is 11.6. The molecule has 0 aliphatic heterocycles. The van der Waals surface area contributed by atoms with Gasteiger partial charge in [0.1, 0.15) is 5.75 Å². The molecule has 170 valence electrons. The molecule has 2 aromatic carbocycles. The van der Waals surface area contributed by atoms with Crippen molar-refractivity contribution in [3.63, 3.8) is 0 Å². The highest BCUT2D eigenvalue weighted by Crippen LogP contribution is 2.38. The van der Waals surface area contributed by atoms with E-state index in [1.54, 1.807) is 24.3 Å². The molecule has 31 heavy (non-hydrogen) atoms. The van der Waals surface area contributed by atoms with Gasteiger partial charge < -0.3 is 9.84 Å². The van der Waals surface area contributed by atoms with Crippen LogP contribution in [0.4, 0.5) is 0 Å². The van der Waals surface area contributed by atoms with Crippen molar-refractivity contribution in [1.82, 2.24) is 0 Å². The summed E-state index contributed by atoms with van der Waals surface area (Å²) in [4.78, 5) is 12.8. The lowest BCUT2D eigenvalue weighted by atomic mass is 10.0. The molecule has 0 saturated carbocycles. The van der Waals surface area contributed by atoms with E-state index in [9.17, 15) is 9.90 Å². The number of halogens is 3. The van der Waals surface area contributed by atoms with Crippen LogP contribution in [-0.2, 0) is 0 Å². The summed E-state index contributed by atoms with van der Waals surface area (Å²) in [5.41, 5.74) is 0.289. The molecule has 0 bridgehead atoms. The Balaban J connectivity index is 1.74. The molecule has 0 aromatic heterocycles. The van der Waals surface area contributed by atoms with E-state index in [1.807, 2.05) is 0 Å². The van der Waals surface area contributed by atoms with Crippen molar-refractivity contribution in [1.29, 1.82) is 0 Å². The van der Waals surface area contributed by atoms with Crippen LogP contribution in [0.2, 0.25) is 15.1 Å². The number of carbonyl (C=O) groups is 1. The second-order valence-corrected chi connectivity index (χ2v) is 8.91. The first-order valence-electron chi connectivity index (χ1n) is 11.1. The van der Waals surface area contributed by atoms with Crippen LogP contribution < -0.4 is 9.84 Å². The molecule has 6 heteroatoms. The van der Waals surface area contributed by atoms with Crippen LogP contribution in [0.5, 0.6) is 11.5 Å². The monoisotopic (exact) mass is 483 g/mol. The maximum Gasteiger partial charge on any atom is 0.196 e. The summed E-state index contributed by atoms with van der Waals surface area (Å²) >= 11 is 18.0. The maximum atomic E-state index is 12.8. The van der Waals surface area contributed by atoms with Crippen LogP contribution in [0.1, 0.15) is 87.1 Å². The second-order valence-electron chi connectivity index (χ2n) is 7.74. The predicted octanol–water partition coefficient (Wildman–Crippen LogP) is 8.25. The average Bonchev–Trinajstić information content (AvgIpc) is 2.76. The van der Waals surface area contributed by atoms with Gasteiger partial charge in [0.05, 0.1) is 22.2 Å². The molecule has 0 aliphatic carbocycles. The number of carbonyl (C=O) groups excluding carboxylic acids is 1. The van der Waals surface area contributed by atoms with Crippen molar-refractivity contribution in [2.24, 2.45) is 0 Å². The van der Waals surface area contributed by atoms with E-state index in [-0.39, 0.29) is 20.6 Å². The van der Waals surface area contributed by atoms with Crippen LogP contribution in [0.25, 0.3) is 0 Å². The van der Waals surface area contributed by atoms with E-state index in [1.165, 1.54) is 51.4 Å². The van der Waals surface area contributed by atoms with Crippen LogP contribution in [0.15, 0.2) is 30.3 Å². The number of benzene rings is 2. The Morgan fingerprint density at radius 1 is 0.839 bits per heavy atom. The van der Waals surface area contributed by atoms with Gasteiger partial charge in [0.2, 0.25) is 0 Å². The number of hydrogen-bond donors (Lipinski definition) is 0. The van der Waals surface area contributed by atoms with Crippen LogP contribution in [-0.4, -0.2) is 12.4 Å². The molecule has 3 nitrogen and oxygen atoms in total. The third kappa shape index (κ3) is 8.21. The highest BCUT2D eigenvalue weighted by molar-refractivity contribution is 6.47. The molecule has 2 aromatic rings. The van der Waals surface area contributed by atoms with E-state index in [2.05, 4.69) is 6.92 Å². The largest absolute Gasteiger partial charge is 0.871 e. The molecule has 0 fully saturated rings. The lowest BCUT2D eigenvalue weighted by Gasteiger charge is -2.15. The van der Waals surface area contributed by atoms with Gasteiger partial charge >= 0.3 is 0 Å². The zero-order valence-electron chi connectivity index (χ0n) is 18.0. The summed E-state index contributed by atoms with van der Waals surface area (Å²) in [5, 5.41) is 11.6. The molecule has 0 N–H and O–H groups in total. The van der Waals surface area contributed by atoms with Crippen LogP contribution in [0, 0.1) is 0 Å². The van der Waals surface area contributed by atoms with Gasteiger partial charge in [-0.25, -0.2) is 0 Å². The van der Waals surface area contributed by atoms with E-state index in [0.29, 0.717) is 17.9 Å². The van der Waals surface area contributed by atoms with Crippen molar-refractivity contribution in [3.05, 3.63) is 56.5 Å². The van der Waals surface area contributed by atoms with Gasteiger partial charge in [0.25, 0.3) is 0 Å². The molecule has 2 rings (SSSR count). The minimum atomic E-state index is -0.532. The Morgan fingerprint density at radius 2 is 1.39 bits per heavy atom. The van der Waals surface area contributed by atoms with Gasteiger partial charge in [-0.05, 0) is 36.8 Å². The zero-order chi connectivity index (χ0) is 22.6. The van der Waals surface area contributed by atoms with Gasteiger partial charge in [0.15, 0.2) is 5.78 Å². The van der Waals surface area contributed by atoms with E-state index in [0.717, 1.165) is 18.9 Å². The second kappa shape index (κ2) is 13.9. The third-order valence-electron chi connectivity index (χ3n) is 5.23. The lowest BCUT2D eigenvalue weighted by Crippen LogP contribution is -2.06. The van der Waals surface area contributed by atoms with E-state index >= 15 is 0 Å². The minimum Gasteiger partial charge on any atom is -0.871 e. The first-order chi connectivity index (χ1) is 15.0. The number of hydrogen-bond acceptors (Lipinski definition) is 3. The number of ketones is 1. The lowest BCUT2D eigenvalue weighted by molar-refractivity contribution is -0.268. The fourth-order valence-electron chi connectivity index (χ4n) is 3.41. The highest BCUT2D eigenvalue weighted by atomic mass is 35.5. The van der Waals surface area contributed by atoms with Crippen molar-refractivity contribution < 1.29 is 14.6 Å². The fourth-order valence-corrected chi connectivity index (χ4v) is 4.12. The van der Waals surface area contributed by atoms with Crippen LogP contribution in [0.3, 0.4) is 0 Å². The highest BCUT2D eigenvalue weighted by Gasteiger charge is 2.19. The molecular formula is C25H30Cl3O3-. The van der Waals surface area contributed by atoms with Crippen molar-refractivity contribution in [3.8, 4) is 11.5 Å². The maximum absolute atomic E-state index is 12.8. The van der Waals surface area contributed by atoms with E-state index in [4.69, 9.17) is 39.5 Å². The Bertz CT molecular complexity index is 809. The van der Waals surface area contributed by atoms with Gasteiger partial charge in [0, 0.05) is 10.6 Å².